The number of carbonyl (C=O) groups excluding carboxylic acids is 2. The summed E-state index contributed by atoms with van der Waals surface area (Å²) in [5.41, 5.74) is 1.22. The molecule has 3 heterocycles. The van der Waals surface area contributed by atoms with Crippen LogP contribution in [0.1, 0.15) is 21.1 Å². The van der Waals surface area contributed by atoms with Gasteiger partial charge in [0.1, 0.15) is 13.2 Å². The van der Waals surface area contributed by atoms with Crippen LogP contribution in [0.25, 0.3) is 5.52 Å². The molecule has 0 unspecified atom stereocenters. The normalized spacial score (nSPS) is 12.6. The van der Waals surface area contributed by atoms with Crippen molar-refractivity contribution in [3.8, 4) is 11.5 Å². The van der Waals surface area contributed by atoms with Gasteiger partial charge in [0.05, 0.1) is 12.1 Å². The van der Waals surface area contributed by atoms with E-state index in [1.165, 1.54) is 0 Å². The summed E-state index contributed by atoms with van der Waals surface area (Å²) in [6.45, 7) is 1.68. The van der Waals surface area contributed by atoms with E-state index in [2.05, 4.69) is 15.6 Å². The lowest BCUT2D eigenvalue weighted by atomic mass is 10.2. The summed E-state index contributed by atoms with van der Waals surface area (Å²) in [5, 5.41) is 5.52. The van der Waals surface area contributed by atoms with Gasteiger partial charge in [-0.25, -0.2) is 4.98 Å². The maximum Gasteiger partial charge on any atom is 0.287 e. The summed E-state index contributed by atoms with van der Waals surface area (Å²) in [7, 11) is 1.55. The van der Waals surface area contributed by atoms with Crippen molar-refractivity contribution in [1.82, 2.24) is 14.7 Å². The first-order valence-electron chi connectivity index (χ1n) is 9.12. The molecule has 9 heteroatoms. The Morgan fingerprint density at radius 2 is 1.97 bits per heavy atom. The number of hydrogen-bond acceptors (Lipinski definition) is 6. The van der Waals surface area contributed by atoms with E-state index in [-0.39, 0.29) is 17.4 Å². The van der Waals surface area contributed by atoms with Crippen molar-refractivity contribution in [1.29, 1.82) is 0 Å². The number of benzene rings is 1. The van der Waals surface area contributed by atoms with Gasteiger partial charge in [0.15, 0.2) is 17.2 Å². The molecule has 0 saturated heterocycles. The summed E-state index contributed by atoms with van der Waals surface area (Å²) in [6, 6.07) is 10.4. The number of fused-ring (bicyclic) bond motifs is 2. The second-order valence-electron chi connectivity index (χ2n) is 6.30. The highest BCUT2D eigenvalue weighted by atomic mass is 16.6. The highest BCUT2D eigenvalue weighted by Gasteiger charge is 2.22. The predicted octanol–water partition coefficient (Wildman–Crippen LogP) is 1.73. The summed E-state index contributed by atoms with van der Waals surface area (Å²) >= 11 is 0. The smallest absolute Gasteiger partial charge is 0.287 e. The zero-order valence-electron chi connectivity index (χ0n) is 15.8. The topological polar surface area (TPSA) is 103 Å². The minimum Gasteiger partial charge on any atom is -0.486 e. The van der Waals surface area contributed by atoms with E-state index in [1.54, 1.807) is 54.1 Å². The van der Waals surface area contributed by atoms with Crippen molar-refractivity contribution in [2.75, 3.05) is 38.8 Å². The Bertz CT molecular complexity index is 1060. The van der Waals surface area contributed by atoms with Gasteiger partial charge in [0.25, 0.3) is 11.8 Å². The number of ether oxygens (including phenoxy) is 3. The molecule has 2 aromatic heterocycles. The number of amides is 2. The van der Waals surface area contributed by atoms with Crippen LogP contribution in [-0.4, -0.2) is 54.7 Å². The Hall–Kier alpha value is -3.59. The summed E-state index contributed by atoms with van der Waals surface area (Å²) in [6.07, 6.45) is 1.69. The standard InChI is InChI=1S/C20H20N4O5/c1-27-9-7-21-20(26)18-23-17(14-4-2-3-8-24(14)18)19(25)22-13-5-6-15-16(12-13)29-11-10-28-15/h2-6,8,12H,7,9-11H2,1H3,(H,21,26)(H,22,25). The average molecular weight is 396 g/mol. The molecule has 9 nitrogen and oxygen atoms in total. The monoisotopic (exact) mass is 396 g/mol. The lowest BCUT2D eigenvalue weighted by Gasteiger charge is -2.18. The van der Waals surface area contributed by atoms with E-state index < -0.39 is 5.91 Å². The van der Waals surface area contributed by atoms with Crippen molar-refractivity contribution < 1.29 is 23.8 Å². The van der Waals surface area contributed by atoms with Crippen molar-refractivity contribution in [3.63, 3.8) is 0 Å². The van der Waals surface area contributed by atoms with Gasteiger partial charge >= 0.3 is 0 Å². The molecule has 2 N–H and O–H groups in total. The van der Waals surface area contributed by atoms with E-state index in [0.29, 0.717) is 49.1 Å². The quantitative estimate of drug-likeness (QED) is 0.615. The van der Waals surface area contributed by atoms with Crippen LogP contribution >= 0.6 is 0 Å². The lowest BCUT2D eigenvalue weighted by Crippen LogP contribution is -2.28. The summed E-state index contributed by atoms with van der Waals surface area (Å²) < 4.78 is 17.6. The van der Waals surface area contributed by atoms with Gasteiger partial charge in [-0.1, -0.05) is 6.07 Å². The van der Waals surface area contributed by atoms with Crippen molar-refractivity contribution in [3.05, 3.63) is 54.1 Å². The maximum absolute atomic E-state index is 12.9. The molecule has 3 aromatic rings. The van der Waals surface area contributed by atoms with Gasteiger partial charge in [-0.2, -0.15) is 0 Å². The fourth-order valence-corrected chi connectivity index (χ4v) is 3.02. The van der Waals surface area contributed by atoms with E-state index >= 15 is 0 Å². The van der Waals surface area contributed by atoms with Gasteiger partial charge in [-0.3, -0.25) is 14.0 Å². The van der Waals surface area contributed by atoms with Gasteiger partial charge in [-0.15, -0.1) is 0 Å². The molecule has 0 atom stereocenters. The van der Waals surface area contributed by atoms with E-state index in [4.69, 9.17) is 14.2 Å². The van der Waals surface area contributed by atoms with Crippen LogP contribution in [0.2, 0.25) is 0 Å². The van der Waals surface area contributed by atoms with E-state index in [1.807, 2.05) is 0 Å². The molecule has 4 rings (SSSR count). The molecule has 0 spiro atoms. The molecule has 0 saturated carbocycles. The molecule has 0 aliphatic carbocycles. The molecule has 1 aliphatic heterocycles. The fourth-order valence-electron chi connectivity index (χ4n) is 3.02. The lowest BCUT2D eigenvalue weighted by molar-refractivity contribution is 0.0926. The predicted molar refractivity (Wildman–Crippen MR) is 105 cm³/mol. The van der Waals surface area contributed by atoms with Crippen molar-refractivity contribution >= 4 is 23.0 Å². The minimum absolute atomic E-state index is 0.129. The van der Waals surface area contributed by atoms with Crippen LogP contribution in [0.5, 0.6) is 11.5 Å². The number of anilines is 1. The first-order valence-corrected chi connectivity index (χ1v) is 9.12. The first kappa shape index (κ1) is 18.8. The van der Waals surface area contributed by atoms with Crippen molar-refractivity contribution in [2.24, 2.45) is 0 Å². The van der Waals surface area contributed by atoms with Crippen LogP contribution in [0, 0.1) is 0 Å². The Labute approximate surface area is 166 Å². The van der Waals surface area contributed by atoms with E-state index in [0.717, 1.165) is 0 Å². The highest BCUT2D eigenvalue weighted by molar-refractivity contribution is 6.09. The first-order chi connectivity index (χ1) is 14.2. The van der Waals surface area contributed by atoms with Crippen LogP contribution in [-0.2, 0) is 4.74 Å². The Morgan fingerprint density at radius 3 is 2.79 bits per heavy atom. The Balaban J connectivity index is 1.60. The fraction of sp³-hybridized carbons (Fsp3) is 0.250. The number of rotatable bonds is 6. The zero-order valence-corrected chi connectivity index (χ0v) is 15.8. The summed E-state index contributed by atoms with van der Waals surface area (Å²) in [5.74, 6) is 0.519. The molecule has 29 heavy (non-hydrogen) atoms. The maximum atomic E-state index is 12.9. The molecule has 0 radical (unpaired) electrons. The molecule has 0 bridgehead atoms. The molecule has 2 amide bonds. The third kappa shape index (κ3) is 3.85. The molecule has 150 valence electrons. The molecule has 1 aromatic carbocycles. The van der Waals surface area contributed by atoms with Gasteiger partial charge in [0.2, 0.25) is 5.82 Å². The molecular weight excluding hydrogens is 376 g/mol. The third-order valence-corrected chi connectivity index (χ3v) is 4.36. The third-order valence-electron chi connectivity index (χ3n) is 4.36. The second kappa shape index (κ2) is 8.19. The van der Waals surface area contributed by atoms with Crippen LogP contribution in [0.3, 0.4) is 0 Å². The Morgan fingerprint density at radius 1 is 1.14 bits per heavy atom. The zero-order chi connectivity index (χ0) is 20.2. The summed E-state index contributed by atoms with van der Waals surface area (Å²) in [4.78, 5) is 29.7. The van der Waals surface area contributed by atoms with Crippen molar-refractivity contribution in [2.45, 2.75) is 0 Å². The largest absolute Gasteiger partial charge is 0.486 e. The number of methoxy groups -OCH3 is 1. The molecule has 0 fully saturated rings. The highest BCUT2D eigenvalue weighted by Crippen LogP contribution is 2.32. The van der Waals surface area contributed by atoms with E-state index in [9.17, 15) is 9.59 Å². The van der Waals surface area contributed by atoms with Crippen LogP contribution in [0.4, 0.5) is 5.69 Å². The number of pyridine rings is 1. The van der Waals surface area contributed by atoms with Gasteiger partial charge in [0, 0.05) is 31.6 Å². The number of carbonyl (C=O) groups is 2. The SMILES string of the molecule is COCCNC(=O)c1nc(C(=O)Nc2ccc3c(c2)OCCO3)c2ccccn12. The van der Waals surface area contributed by atoms with Gasteiger partial charge in [-0.05, 0) is 24.3 Å². The molecule has 1 aliphatic rings. The number of nitrogens with one attached hydrogen (secondary N) is 2. The Kier molecular flexibility index (Phi) is 5.30. The van der Waals surface area contributed by atoms with Gasteiger partial charge < -0.3 is 24.8 Å². The second-order valence-corrected chi connectivity index (χ2v) is 6.30. The number of hydrogen-bond donors (Lipinski definition) is 2. The average Bonchev–Trinajstić information content (AvgIpc) is 3.14. The molecular formula is C20H20N4O5. The number of imidazole rings is 1. The number of aromatic nitrogens is 2. The minimum atomic E-state index is -0.429. The number of nitrogens with zero attached hydrogens (tertiary/aromatic N) is 2. The van der Waals surface area contributed by atoms with Crippen LogP contribution < -0.4 is 20.1 Å². The van der Waals surface area contributed by atoms with Crippen LogP contribution in [0.15, 0.2) is 42.6 Å².